The first-order chi connectivity index (χ1) is 8.04. The number of benzene rings is 1. The summed E-state index contributed by atoms with van der Waals surface area (Å²) in [7, 11) is 0. The van der Waals surface area contributed by atoms with Crippen LogP contribution in [0, 0.1) is 0 Å². The second-order valence-electron chi connectivity index (χ2n) is 4.18. The zero-order valence-corrected chi connectivity index (χ0v) is 12.6. The van der Waals surface area contributed by atoms with Crippen molar-refractivity contribution >= 4 is 34.5 Å². The van der Waals surface area contributed by atoms with E-state index in [1.165, 1.54) is 0 Å². The molecule has 2 nitrogen and oxygen atoms in total. The van der Waals surface area contributed by atoms with Gasteiger partial charge < -0.3 is 5.32 Å². The van der Waals surface area contributed by atoms with Crippen molar-refractivity contribution in [1.82, 2.24) is 5.32 Å². The van der Waals surface area contributed by atoms with Crippen LogP contribution in [0.5, 0.6) is 0 Å². The van der Waals surface area contributed by atoms with Crippen molar-refractivity contribution in [1.29, 1.82) is 0 Å². The van der Waals surface area contributed by atoms with Crippen molar-refractivity contribution in [2.45, 2.75) is 44.0 Å². The summed E-state index contributed by atoms with van der Waals surface area (Å²) < 4.78 is 0.929. The molecule has 1 atom stereocenters. The largest absolute Gasteiger partial charge is 0.350 e. The van der Waals surface area contributed by atoms with Crippen LogP contribution in [0.3, 0.4) is 0 Å². The Kier molecular flexibility index (Phi) is 6.06. The second kappa shape index (κ2) is 7.07. The van der Waals surface area contributed by atoms with Gasteiger partial charge >= 0.3 is 0 Å². The quantitative estimate of drug-likeness (QED) is 0.789. The summed E-state index contributed by atoms with van der Waals surface area (Å²) in [5, 5.41) is 2.99. The fourth-order valence-electron chi connectivity index (χ4n) is 1.58. The van der Waals surface area contributed by atoms with Gasteiger partial charge in [-0.1, -0.05) is 35.7 Å². The number of hydrogen-bond donors (Lipinski definition) is 2. The highest BCUT2D eigenvalue weighted by Crippen LogP contribution is 2.20. The lowest BCUT2D eigenvalue weighted by molar-refractivity contribution is 0.0935. The Morgan fingerprint density at radius 2 is 2.24 bits per heavy atom. The molecular weight excluding hydrogens is 298 g/mol. The predicted molar refractivity (Wildman–Crippen MR) is 77.8 cm³/mol. The SMILES string of the molecule is CCCCC(C)NC(=O)c1ccc(Br)cc1S. The normalized spacial score (nSPS) is 12.2. The fraction of sp³-hybridized carbons (Fsp3) is 0.462. The van der Waals surface area contributed by atoms with Crippen LogP contribution in [0.15, 0.2) is 27.6 Å². The molecule has 1 amide bonds. The van der Waals surface area contributed by atoms with Crippen molar-refractivity contribution in [3.05, 3.63) is 28.2 Å². The number of unbranched alkanes of at least 4 members (excludes halogenated alkanes) is 1. The van der Waals surface area contributed by atoms with E-state index in [1.54, 1.807) is 6.07 Å². The molecule has 0 bridgehead atoms. The summed E-state index contributed by atoms with van der Waals surface area (Å²) >= 11 is 7.66. The minimum absolute atomic E-state index is 0.0499. The summed E-state index contributed by atoms with van der Waals surface area (Å²) in [4.78, 5) is 12.7. The lowest BCUT2D eigenvalue weighted by atomic mass is 10.1. The standard InChI is InChI=1S/C13H18BrNOS/c1-3-4-5-9(2)15-13(16)11-7-6-10(14)8-12(11)17/h6-9,17H,3-5H2,1-2H3,(H,15,16). The van der Waals surface area contributed by atoms with E-state index in [2.05, 4.69) is 40.8 Å². The first kappa shape index (κ1) is 14.6. The van der Waals surface area contributed by atoms with E-state index >= 15 is 0 Å². The second-order valence-corrected chi connectivity index (χ2v) is 5.58. The zero-order chi connectivity index (χ0) is 12.8. The van der Waals surface area contributed by atoms with Crippen LogP contribution >= 0.6 is 28.6 Å². The van der Waals surface area contributed by atoms with E-state index in [4.69, 9.17) is 0 Å². The number of hydrogen-bond acceptors (Lipinski definition) is 2. The molecule has 0 radical (unpaired) electrons. The summed E-state index contributed by atoms with van der Waals surface area (Å²) in [6.07, 6.45) is 3.30. The van der Waals surface area contributed by atoms with Gasteiger partial charge in [0.2, 0.25) is 0 Å². The average Bonchev–Trinajstić information content (AvgIpc) is 2.26. The van der Waals surface area contributed by atoms with Crippen LogP contribution in [0.25, 0.3) is 0 Å². The molecule has 94 valence electrons. The lowest BCUT2D eigenvalue weighted by Gasteiger charge is -2.14. The molecule has 0 spiro atoms. The predicted octanol–water partition coefficient (Wildman–Crippen LogP) is 4.05. The number of rotatable bonds is 5. The van der Waals surface area contributed by atoms with Gasteiger partial charge in [0.1, 0.15) is 0 Å². The van der Waals surface area contributed by atoms with Crippen LogP contribution in [-0.4, -0.2) is 11.9 Å². The molecule has 0 aromatic heterocycles. The van der Waals surface area contributed by atoms with Crippen LogP contribution in [-0.2, 0) is 0 Å². The smallest absolute Gasteiger partial charge is 0.252 e. The topological polar surface area (TPSA) is 29.1 Å². The molecular formula is C13H18BrNOS. The molecule has 0 saturated heterocycles. The summed E-state index contributed by atoms with van der Waals surface area (Å²) in [5.74, 6) is -0.0499. The molecule has 17 heavy (non-hydrogen) atoms. The Labute approximate surface area is 117 Å². The van der Waals surface area contributed by atoms with Crippen molar-refractivity contribution in [3.63, 3.8) is 0 Å². The Hall–Kier alpha value is -0.480. The summed E-state index contributed by atoms with van der Waals surface area (Å²) in [5.41, 5.74) is 0.625. The maximum Gasteiger partial charge on any atom is 0.252 e. The first-order valence-corrected chi connectivity index (χ1v) is 7.08. The third-order valence-electron chi connectivity index (χ3n) is 2.57. The number of halogens is 1. The molecule has 1 N–H and O–H groups in total. The summed E-state index contributed by atoms with van der Waals surface area (Å²) in [6.45, 7) is 4.18. The number of nitrogens with one attached hydrogen (secondary N) is 1. The number of thiol groups is 1. The molecule has 1 aromatic carbocycles. The Bertz CT molecular complexity index is 395. The maximum absolute atomic E-state index is 12.0. The maximum atomic E-state index is 12.0. The van der Waals surface area contributed by atoms with Gasteiger partial charge in [0.05, 0.1) is 5.56 Å². The molecule has 0 saturated carbocycles. The minimum Gasteiger partial charge on any atom is -0.350 e. The van der Waals surface area contributed by atoms with E-state index in [0.29, 0.717) is 10.5 Å². The summed E-state index contributed by atoms with van der Waals surface area (Å²) in [6, 6.07) is 5.67. The van der Waals surface area contributed by atoms with Gasteiger partial charge in [0, 0.05) is 15.4 Å². The van der Waals surface area contributed by atoms with Crippen LogP contribution < -0.4 is 5.32 Å². The fourth-order valence-corrected chi connectivity index (χ4v) is 2.43. The molecule has 4 heteroatoms. The first-order valence-electron chi connectivity index (χ1n) is 5.84. The molecule has 0 heterocycles. The van der Waals surface area contributed by atoms with Crippen LogP contribution in [0.4, 0.5) is 0 Å². The van der Waals surface area contributed by atoms with Gasteiger partial charge in [-0.05, 0) is 31.5 Å². The van der Waals surface area contributed by atoms with Gasteiger partial charge in [-0.2, -0.15) is 0 Å². The zero-order valence-electron chi connectivity index (χ0n) is 10.2. The highest BCUT2D eigenvalue weighted by molar-refractivity contribution is 9.10. The molecule has 0 fully saturated rings. The van der Waals surface area contributed by atoms with Gasteiger partial charge in [0.15, 0.2) is 0 Å². The third kappa shape index (κ3) is 4.72. The van der Waals surface area contributed by atoms with Crippen molar-refractivity contribution in [2.75, 3.05) is 0 Å². The van der Waals surface area contributed by atoms with Crippen molar-refractivity contribution in [3.8, 4) is 0 Å². The number of carbonyl (C=O) groups excluding carboxylic acids is 1. The van der Waals surface area contributed by atoms with Crippen molar-refractivity contribution < 1.29 is 4.79 Å². The van der Waals surface area contributed by atoms with Crippen molar-refractivity contribution in [2.24, 2.45) is 0 Å². The highest BCUT2D eigenvalue weighted by atomic mass is 79.9. The van der Waals surface area contributed by atoms with E-state index < -0.39 is 0 Å². The Morgan fingerprint density at radius 3 is 2.82 bits per heavy atom. The average molecular weight is 316 g/mol. The number of amides is 1. The monoisotopic (exact) mass is 315 g/mol. The van der Waals surface area contributed by atoms with Gasteiger partial charge in [-0.15, -0.1) is 12.6 Å². The van der Waals surface area contributed by atoms with Crippen LogP contribution in [0.2, 0.25) is 0 Å². The molecule has 1 unspecified atom stereocenters. The van der Waals surface area contributed by atoms with E-state index in [1.807, 2.05) is 19.1 Å². The van der Waals surface area contributed by atoms with E-state index in [0.717, 1.165) is 23.7 Å². The number of carbonyl (C=O) groups is 1. The van der Waals surface area contributed by atoms with Crippen LogP contribution in [0.1, 0.15) is 43.5 Å². The lowest BCUT2D eigenvalue weighted by Crippen LogP contribution is -2.32. The van der Waals surface area contributed by atoms with Gasteiger partial charge in [-0.25, -0.2) is 0 Å². The van der Waals surface area contributed by atoms with E-state index in [-0.39, 0.29) is 11.9 Å². The molecule has 1 aromatic rings. The minimum atomic E-state index is -0.0499. The Balaban J connectivity index is 2.63. The van der Waals surface area contributed by atoms with Gasteiger partial charge in [0.25, 0.3) is 5.91 Å². The molecule has 0 aliphatic heterocycles. The highest BCUT2D eigenvalue weighted by Gasteiger charge is 2.12. The molecule has 1 rings (SSSR count). The van der Waals surface area contributed by atoms with E-state index in [9.17, 15) is 4.79 Å². The molecule has 0 aliphatic rings. The molecule has 0 aliphatic carbocycles. The third-order valence-corrected chi connectivity index (χ3v) is 3.44. The Morgan fingerprint density at radius 1 is 1.53 bits per heavy atom. The van der Waals surface area contributed by atoms with Gasteiger partial charge in [-0.3, -0.25) is 4.79 Å².